The van der Waals surface area contributed by atoms with E-state index in [4.69, 9.17) is 24.0 Å². The molecule has 2 unspecified atom stereocenters. The normalized spacial score (nSPS) is 54.9. The minimum absolute atomic E-state index is 0.181. The van der Waals surface area contributed by atoms with Gasteiger partial charge in [0.25, 0.3) is 0 Å². The predicted molar refractivity (Wildman–Crippen MR) is 87.7 cm³/mol. The molecule has 4 heterocycles. The van der Waals surface area contributed by atoms with Gasteiger partial charge >= 0.3 is 0 Å². The van der Waals surface area contributed by atoms with Gasteiger partial charge < -0.3 is 14.2 Å². The number of hydrogen-bond acceptors (Lipinski definition) is 5. The van der Waals surface area contributed by atoms with Crippen LogP contribution in [0.4, 0.5) is 0 Å². The Hall–Kier alpha value is -0.200. The van der Waals surface area contributed by atoms with Gasteiger partial charge in [0.1, 0.15) is 0 Å². The zero-order valence-corrected chi connectivity index (χ0v) is 15.6. The Balaban J connectivity index is 1.69. The molecule has 0 aromatic carbocycles. The van der Waals surface area contributed by atoms with Gasteiger partial charge in [-0.1, -0.05) is 20.8 Å². The quantitative estimate of drug-likeness (QED) is 0.727. The van der Waals surface area contributed by atoms with Crippen molar-refractivity contribution in [1.29, 1.82) is 0 Å². The first-order valence-electron chi connectivity index (χ1n) is 9.75. The van der Waals surface area contributed by atoms with Crippen LogP contribution in [0.5, 0.6) is 0 Å². The molecule has 24 heavy (non-hydrogen) atoms. The molecule has 4 aliphatic heterocycles. The number of rotatable bonds is 3. The first kappa shape index (κ1) is 17.2. The van der Waals surface area contributed by atoms with E-state index in [9.17, 15) is 0 Å². The molecule has 0 radical (unpaired) electrons. The summed E-state index contributed by atoms with van der Waals surface area (Å²) in [6, 6.07) is 0. The van der Waals surface area contributed by atoms with E-state index in [0.717, 1.165) is 25.7 Å². The van der Waals surface area contributed by atoms with Crippen molar-refractivity contribution in [2.24, 2.45) is 23.7 Å². The van der Waals surface area contributed by atoms with Gasteiger partial charge in [0.2, 0.25) is 5.79 Å². The van der Waals surface area contributed by atoms with Gasteiger partial charge in [0, 0.05) is 18.3 Å². The minimum Gasteiger partial charge on any atom is -0.349 e. The van der Waals surface area contributed by atoms with E-state index in [1.807, 2.05) is 6.92 Å². The van der Waals surface area contributed by atoms with Gasteiger partial charge in [-0.3, -0.25) is 0 Å². The Bertz CT molecular complexity index is 484. The van der Waals surface area contributed by atoms with Crippen molar-refractivity contribution >= 4 is 0 Å². The second kappa shape index (κ2) is 5.92. The summed E-state index contributed by atoms with van der Waals surface area (Å²) < 4.78 is 18.9. The third-order valence-corrected chi connectivity index (χ3v) is 7.04. The summed E-state index contributed by atoms with van der Waals surface area (Å²) >= 11 is 0. The highest BCUT2D eigenvalue weighted by Crippen LogP contribution is 2.60. The Labute approximate surface area is 145 Å². The number of ether oxygens (including phenoxy) is 3. The van der Waals surface area contributed by atoms with Crippen LogP contribution in [0.1, 0.15) is 66.7 Å². The molecule has 0 aromatic rings. The zero-order valence-electron chi connectivity index (χ0n) is 15.6. The van der Waals surface area contributed by atoms with Crippen LogP contribution in [-0.4, -0.2) is 30.1 Å². The van der Waals surface area contributed by atoms with Crippen molar-refractivity contribution < 1.29 is 24.0 Å². The van der Waals surface area contributed by atoms with Crippen LogP contribution in [0.3, 0.4) is 0 Å². The lowest BCUT2D eigenvalue weighted by Gasteiger charge is -2.60. The fourth-order valence-electron chi connectivity index (χ4n) is 5.35. The molecule has 9 atom stereocenters. The summed E-state index contributed by atoms with van der Waals surface area (Å²) in [5.74, 6) is 0.907. The topological polar surface area (TPSA) is 46.2 Å². The van der Waals surface area contributed by atoms with Gasteiger partial charge in [-0.15, -0.1) is 0 Å². The summed E-state index contributed by atoms with van der Waals surface area (Å²) in [5, 5.41) is 0. The molecular weight excluding hydrogens is 308 g/mol. The van der Waals surface area contributed by atoms with E-state index in [1.165, 1.54) is 6.42 Å². The van der Waals surface area contributed by atoms with Crippen LogP contribution in [-0.2, 0) is 24.0 Å². The van der Waals surface area contributed by atoms with Crippen LogP contribution in [0.25, 0.3) is 0 Å². The first-order valence-corrected chi connectivity index (χ1v) is 9.75. The molecule has 138 valence electrons. The SMILES string of the molecule is CCC(C)O[C@H]1O[C@@H]2OC3(C)CC[C@H]4[C@H](C)CC[C@@H]([C@H]1C)[C@@]24OO3. The smallest absolute Gasteiger partial charge is 0.201 e. The molecule has 0 aromatic heterocycles. The van der Waals surface area contributed by atoms with E-state index >= 15 is 0 Å². The third-order valence-electron chi connectivity index (χ3n) is 7.04. The molecule has 2 bridgehead atoms. The molecule has 0 amide bonds. The number of fused-ring (bicyclic) bond motifs is 2. The standard InChI is InChI=1S/C19H32O5/c1-6-12(3)20-16-13(4)15-8-7-11(2)14-9-10-18(5)22-17(21-16)19(14,15)24-23-18/h11-17H,6-10H2,1-5H3/t11-,12?,13-,14+,15+,16+,17-,18?,19-/m1/s1. The molecule has 1 spiro atoms. The molecule has 5 rings (SSSR count). The minimum atomic E-state index is -0.709. The highest BCUT2D eigenvalue weighted by molar-refractivity contribution is 5.09. The Morgan fingerprint density at radius 3 is 2.67 bits per heavy atom. The van der Waals surface area contributed by atoms with Crippen molar-refractivity contribution in [2.45, 2.75) is 96.8 Å². The molecule has 5 aliphatic rings. The van der Waals surface area contributed by atoms with E-state index in [-0.39, 0.29) is 18.3 Å². The Morgan fingerprint density at radius 1 is 1.12 bits per heavy atom. The van der Waals surface area contributed by atoms with Crippen LogP contribution in [0.15, 0.2) is 0 Å². The van der Waals surface area contributed by atoms with Crippen LogP contribution >= 0.6 is 0 Å². The summed E-state index contributed by atoms with van der Waals surface area (Å²) in [4.78, 5) is 12.0. The Kier molecular flexibility index (Phi) is 4.25. The van der Waals surface area contributed by atoms with Gasteiger partial charge in [-0.05, 0) is 51.4 Å². The van der Waals surface area contributed by atoms with Crippen molar-refractivity contribution in [2.75, 3.05) is 0 Å². The molecule has 1 saturated carbocycles. The van der Waals surface area contributed by atoms with E-state index in [2.05, 4.69) is 27.7 Å². The van der Waals surface area contributed by atoms with Crippen molar-refractivity contribution in [3.8, 4) is 0 Å². The first-order chi connectivity index (χ1) is 11.4. The molecule has 0 N–H and O–H groups in total. The molecule has 5 nitrogen and oxygen atoms in total. The predicted octanol–water partition coefficient (Wildman–Crippen LogP) is 4.01. The average molecular weight is 340 g/mol. The molecule has 5 fully saturated rings. The summed E-state index contributed by atoms with van der Waals surface area (Å²) in [6.45, 7) is 10.8. The largest absolute Gasteiger partial charge is 0.349 e. The molecule has 5 heteroatoms. The highest BCUT2D eigenvalue weighted by atomic mass is 17.3. The van der Waals surface area contributed by atoms with Gasteiger partial charge in [-0.2, -0.15) is 0 Å². The molecule has 4 saturated heterocycles. The van der Waals surface area contributed by atoms with E-state index < -0.39 is 17.7 Å². The number of hydrogen-bond donors (Lipinski definition) is 0. The summed E-state index contributed by atoms with van der Waals surface area (Å²) in [6.07, 6.45) is 4.78. The van der Waals surface area contributed by atoms with Gasteiger partial charge in [0.15, 0.2) is 18.2 Å². The maximum Gasteiger partial charge on any atom is 0.201 e. The average Bonchev–Trinajstić information content (AvgIpc) is 2.78. The maximum atomic E-state index is 6.38. The lowest BCUT2D eigenvalue weighted by Crippen LogP contribution is -2.70. The van der Waals surface area contributed by atoms with Crippen molar-refractivity contribution in [1.82, 2.24) is 0 Å². The highest BCUT2D eigenvalue weighted by Gasteiger charge is 2.69. The third kappa shape index (κ3) is 2.39. The van der Waals surface area contributed by atoms with Crippen LogP contribution < -0.4 is 0 Å². The van der Waals surface area contributed by atoms with E-state index in [0.29, 0.717) is 17.8 Å². The fourth-order valence-corrected chi connectivity index (χ4v) is 5.35. The lowest BCUT2D eigenvalue weighted by atomic mass is 9.58. The summed E-state index contributed by atoms with van der Waals surface area (Å²) in [7, 11) is 0. The monoisotopic (exact) mass is 340 g/mol. The second-order valence-electron chi connectivity index (χ2n) is 8.63. The summed E-state index contributed by atoms with van der Waals surface area (Å²) in [5.41, 5.74) is -0.484. The van der Waals surface area contributed by atoms with Gasteiger partial charge in [-0.25, -0.2) is 9.78 Å². The van der Waals surface area contributed by atoms with Crippen LogP contribution in [0.2, 0.25) is 0 Å². The zero-order chi connectivity index (χ0) is 17.1. The van der Waals surface area contributed by atoms with E-state index in [1.54, 1.807) is 0 Å². The fraction of sp³-hybridized carbons (Fsp3) is 1.00. The second-order valence-corrected chi connectivity index (χ2v) is 8.63. The molecular formula is C19H32O5. The maximum absolute atomic E-state index is 6.38. The van der Waals surface area contributed by atoms with Crippen LogP contribution in [0, 0.1) is 23.7 Å². The van der Waals surface area contributed by atoms with Crippen molar-refractivity contribution in [3.63, 3.8) is 0 Å². The van der Waals surface area contributed by atoms with Crippen molar-refractivity contribution in [3.05, 3.63) is 0 Å². The molecule has 1 aliphatic carbocycles. The lowest BCUT2D eigenvalue weighted by molar-refractivity contribution is -0.578. The Morgan fingerprint density at radius 2 is 1.92 bits per heavy atom. The van der Waals surface area contributed by atoms with Gasteiger partial charge in [0.05, 0.1) is 6.10 Å².